The second-order valence-electron chi connectivity index (χ2n) is 3.97. The maximum absolute atomic E-state index is 11.4. The minimum Gasteiger partial charge on any atom is -0.450 e. The molecule has 5 nitrogen and oxygen atoms in total. The lowest BCUT2D eigenvalue weighted by Crippen LogP contribution is -2.52. The summed E-state index contributed by atoms with van der Waals surface area (Å²) < 4.78 is 4.95. The number of amides is 1. The molecular weight excluding hydrogens is 208 g/mol. The number of piperazine rings is 1. The number of ether oxygens (including phenoxy) is 1. The van der Waals surface area contributed by atoms with Crippen LogP contribution in [0.5, 0.6) is 0 Å². The molecule has 1 saturated heterocycles. The van der Waals surface area contributed by atoms with E-state index in [1.807, 2.05) is 6.92 Å². The molecule has 1 aliphatic rings. The van der Waals surface area contributed by atoms with Gasteiger partial charge >= 0.3 is 6.09 Å². The molecule has 16 heavy (non-hydrogen) atoms. The van der Waals surface area contributed by atoms with E-state index in [0.717, 1.165) is 19.5 Å². The molecule has 1 amide bonds. The van der Waals surface area contributed by atoms with Crippen LogP contribution in [0.4, 0.5) is 4.79 Å². The van der Waals surface area contributed by atoms with Crippen molar-refractivity contribution in [1.82, 2.24) is 9.80 Å². The molecular formula is C11H22N2O3. The number of rotatable bonds is 4. The number of carbonyl (C=O) groups is 1. The number of hydrogen-bond acceptors (Lipinski definition) is 4. The average molecular weight is 230 g/mol. The SMILES string of the molecule is CCOC(=O)N1CCN(C(CC)CO)CC1. The Labute approximate surface area is 97.0 Å². The van der Waals surface area contributed by atoms with E-state index in [1.54, 1.807) is 4.90 Å². The molecule has 1 heterocycles. The van der Waals surface area contributed by atoms with Crippen molar-refractivity contribution in [2.75, 3.05) is 39.4 Å². The molecule has 0 bridgehead atoms. The van der Waals surface area contributed by atoms with Gasteiger partial charge in [0.25, 0.3) is 0 Å². The molecule has 1 aliphatic heterocycles. The van der Waals surface area contributed by atoms with Crippen molar-refractivity contribution in [2.45, 2.75) is 26.3 Å². The molecule has 0 aromatic rings. The first-order valence-electron chi connectivity index (χ1n) is 5.99. The zero-order chi connectivity index (χ0) is 12.0. The van der Waals surface area contributed by atoms with E-state index < -0.39 is 0 Å². The number of hydrogen-bond donors (Lipinski definition) is 1. The van der Waals surface area contributed by atoms with E-state index in [9.17, 15) is 9.90 Å². The van der Waals surface area contributed by atoms with Gasteiger partial charge in [-0.25, -0.2) is 4.79 Å². The summed E-state index contributed by atoms with van der Waals surface area (Å²) in [6.07, 6.45) is 0.717. The third-order valence-electron chi connectivity index (χ3n) is 3.04. The molecule has 94 valence electrons. The van der Waals surface area contributed by atoms with Crippen LogP contribution in [0.2, 0.25) is 0 Å². The van der Waals surface area contributed by atoms with Gasteiger partial charge in [0.2, 0.25) is 0 Å². The van der Waals surface area contributed by atoms with Gasteiger partial charge in [-0.1, -0.05) is 6.92 Å². The molecule has 0 aromatic carbocycles. The lowest BCUT2D eigenvalue weighted by Gasteiger charge is -2.37. The standard InChI is InChI=1S/C11H22N2O3/c1-3-10(9-14)12-5-7-13(8-6-12)11(15)16-4-2/h10,14H,3-9H2,1-2H3. The van der Waals surface area contributed by atoms with Gasteiger partial charge in [0.05, 0.1) is 13.2 Å². The Hall–Kier alpha value is -0.810. The summed E-state index contributed by atoms with van der Waals surface area (Å²) in [6, 6.07) is 0.226. The molecule has 5 heteroatoms. The van der Waals surface area contributed by atoms with Crippen molar-refractivity contribution in [3.05, 3.63) is 0 Å². The summed E-state index contributed by atoms with van der Waals surface area (Å²) in [4.78, 5) is 15.4. The van der Waals surface area contributed by atoms with Crippen molar-refractivity contribution >= 4 is 6.09 Å². The zero-order valence-corrected chi connectivity index (χ0v) is 10.2. The van der Waals surface area contributed by atoms with E-state index in [2.05, 4.69) is 11.8 Å². The first kappa shape index (κ1) is 13.3. The Balaban J connectivity index is 2.35. The van der Waals surface area contributed by atoms with Gasteiger partial charge in [0.15, 0.2) is 0 Å². The first-order chi connectivity index (χ1) is 7.72. The molecule has 1 fully saturated rings. The molecule has 0 aliphatic carbocycles. The second kappa shape index (κ2) is 6.70. The highest BCUT2D eigenvalue weighted by Gasteiger charge is 2.25. The van der Waals surface area contributed by atoms with Crippen molar-refractivity contribution in [3.63, 3.8) is 0 Å². The topological polar surface area (TPSA) is 53.0 Å². The van der Waals surface area contributed by atoms with Crippen LogP contribution in [0.1, 0.15) is 20.3 Å². The fraction of sp³-hybridized carbons (Fsp3) is 0.909. The molecule has 0 saturated carbocycles. The summed E-state index contributed by atoms with van der Waals surface area (Å²) in [5.41, 5.74) is 0. The highest BCUT2D eigenvalue weighted by molar-refractivity contribution is 5.67. The van der Waals surface area contributed by atoms with Gasteiger partial charge < -0.3 is 14.7 Å². The quantitative estimate of drug-likeness (QED) is 0.765. The first-order valence-corrected chi connectivity index (χ1v) is 5.99. The van der Waals surface area contributed by atoms with Gasteiger partial charge in [-0.05, 0) is 13.3 Å². The number of aliphatic hydroxyl groups is 1. The Morgan fingerprint density at radius 2 is 1.94 bits per heavy atom. The Kier molecular flexibility index (Phi) is 5.55. The van der Waals surface area contributed by atoms with Crippen LogP contribution in [0.25, 0.3) is 0 Å². The lowest BCUT2D eigenvalue weighted by atomic mass is 10.2. The van der Waals surface area contributed by atoms with Crippen molar-refractivity contribution in [3.8, 4) is 0 Å². The summed E-state index contributed by atoms with van der Waals surface area (Å²) in [5, 5.41) is 9.19. The van der Waals surface area contributed by atoms with Crippen LogP contribution in [-0.4, -0.2) is 66.4 Å². The number of aliphatic hydroxyl groups excluding tert-OH is 1. The van der Waals surface area contributed by atoms with Crippen LogP contribution in [0.15, 0.2) is 0 Å². The third kappa shape index (κ3) is 3.35. The molecule has 1 unspecified atom stereocenters. The summed E-state index contributed by atoms with van der Waals surface area (Å²) >= 11 is 0. The number of carbonyl (C=O) groups excluding carboxylic acids is 1. The lowest BCUT2D eigenvalue weighted by molar-refractivity contribution is 0.0501. The zero-order valence-electron chi connectivity index (χ0n) is 10.2. The fourth-order valence-electron chi connectivity index (χ4n) is 1.99. The van der Waals surface area contributed by atoms with Gasteiger partial charge in [-0.3, -0.25) is 4.90 Å². The Bertz CT molecular complexity index is 211. The highest BCUT2D eigenvalue weighted by Crippen LogP contribution is 2.09. The fourth-order valence-corrected chi connectivity index (χ4v) is 1.99. The molecule has 1 rings (SSSR count). The molecule has 0 spiro atoms. The molecule has 1 N–H and O–H groups in total. The summed E-state index contributed by atoms with van der Waals surface area (Å²) in [7, 11) is 0. The van der Waals surface area contributed by atoms with Crippen molar-refractivity contribution in [2.24, 2.45) is 0 Å². The van der Waals surface area contributed by atoms with E-state index in [-0.39, 0.29) is 18.7 Å². The summed E-state index contributed by atoms with van der Waals surface area (Å²) in [6.45, 7) is 7.51. The Morgan fingerprint density at radius 1 is 1.31 bits per heavy atom. The Morgan fingerprint density at radius 3 is 2.38 bits per heavy atom. The van der Waals surface area contributed by atoms with Gasteiger partial charge in [0, 0.05) is 32.2 Å². The van der Waals surface area contributed by atoms with Crippen LogP contribution in [0, 0.1) is 0 Å². The van der Waals surface area contributed by atoms with Crippen LogP contribution >= 0.6 is 0 Å². The van der Waals surface area contributed by atoms with E-state index in [1.165, 1.54) is 0 Å². The minimum atomic E-state index is -0.223. The van der Waals surface area contributed by atoms with Crippen molar-refractivity contribution < 1.29 is 14.6 Å². The van der Waals surface area contributed by atoms with Crippen LogP contribution in [-0.2, 0) is 4.74 Å². The maximum Gasteiger partial charge on any atom is 0.409 e. The van der Waals surface area contributed by atoms with Gasteiger partial charge in [0.1, 0.15) is 0 Å². The second-order valence-corrected chi connectivity index (χ2v) is 3.97. The highest BCUT2D eigenvalue weighted by atomic mass is 16.6. The monoisotopic (exact) mass is 230 g/mol. The minimum absolute atomic E-state index is 0.190. The maximum atomic E-state index is 11.4. The van der Waals surface area contributed by atoms with Crippen molar-refractivity contribution in [1.29, 1.82) is 0 Å². The smallest absolute Gasteiger partial charge is 0.409 e. The average Bonchev–Trinajstić information content (AvgIpc) is 2.32. The van der Waals surface area contributed by atoms with Crippen LogP contribution in [0.3, 0.4) is 0 Å². The number of nitrogens with zero attached hydrogens (tertiary/aromatic N) is 2. The van der Waals surface area contributed by atoms with Crippen LogP contribution < -0.4 is 0 Å². The normalized spacial score (nSPS) is 19.6. The molecule has 0 aromatic heterocycles. The predicted octanol–water partition coefficient (Wildman–Crippen LogP) is 0.531. The molecule has 1 atom stereocenters. The molecule has 0 radical (unpaired) electrons. The van der Waals surface area contributed by atoms with E-state index >= 15 is 0 Å². The predicted molar refractivity (Wildman–Crippen MR) is 61.3 cm³/mol. The van der Waals surface area contributed by atoms with E-state index in [4.69, 9.17) is 4.74 Å². The van der Waals surface area contributed by atoms with E-state index in [0.29, 0.717) is 19.7 Å². The largest absolute Gasteiger partial charge is 0.450 e. The summed E-state index contributed by atoms with van der Waals surface area (Å²) in [5.74, 6) is 0. The van der Waals surface area contributed by atoms with Gasteiger partial charge in [-0.2, -0.15) is 0 Å². The van der Waals surface area contributed by atoms with Gasteiger partial charge in [-0.15, -0.1) is 0 Å². The third-order valence-corrected chi connectivity index (χ3v) is 3.04.